The fraction of sp³-hybridized carbons (Fsp3) is 0.929. The van der Waals surface area contributed by atoms with Crippen LogP contribution < -0.4 is 5.32 Å². The third-order valence-electron chi connectivity index (χ3n) is 4.53. The van der Waals surface area contributed by atoms with Crippen LogP contribution in [0.25, 0.3) is 0 Å². The summed E-state index contributed by atoms with van der Waals surface area (Å²) in [5, 5.41) is 3.54. The molecule has 2 heterocycles. The molecule has 3 aliphatic rings. The molecule has 0 radical (unpaired) electrons. The van der Waals surface area contributed by atoms with Crippen LogP contribution in [-0.2, 0) is 0 Å². The van der Waals surface area contributed by atoms with E-state index in [1.54, 1.807) is 0 Å². The zero-order chi connectivity index (χ0) is 11.9. The molecule has 2 aliphatic heterocycles. The van der Waals surface area contributed by atoms with Crippen molar-refractivity contribution in [2.75, 3.05) is 26.2 Å². The molecule has 17 heavy (non-hydrogen) atoms. The maximum absolute atomic E-state index is 4.76. The minimum Gasteiger partial charge on any atom is -0.356 e. The van der Waals surface area contributed by atoms with Crippen molar-refractivity contribution in [3.05, 3.63) is 0 Å². The zero-order valence-electron chi connectivity index (χ0n) is 11.2. The highest BCUT2D eigenvalue weighted by Gasteiger charge is 2.33. The molecule has 0 spiro atoms. The van der Waals surface area contributed by atoms with Crippen LogP contribution in [0.2, 0.25) is 0 Å². The highest BCUT2D eigenvalue weighted by Crippen LogP contribution is 2.34. The van der Waals surface area contributed by atoms with Crippen molar-refractivity contribution in [2.45, 2.75) is 39.5 Å². The summed E-state index contributed by atoms with van der Waals surface area (Å²) in [5.74, 6) is 3.05. The molecule has 3 heteroatoms. The maximum atomic E-state index is 4.76. The number of nitrogens with one attached hydrogen (secondary N) is 1. The Kier molecular flexibility index (Phi) is 2.80. The van der Waals surface area contributed by atoms with Crippen molar-refractivity contribution in [2.24, 2.45) is 22.2 Å². The first-order chi connectivity index (χ1) is 8.12. The van der Waals surface area contributed by atoms with Crippen LogP contribution in [0.15, 0.2) is 4.99 Å². The molecule has 2 atom stereocenters. The van der Waals surface area contributed by atoms with Gasteiger partial charge in [0.25, 0.3) is 0 Å². The standard InChI is InChI=1S/C14H25N3/c1-14(2)9-15-13(16-10-14)17-7-11-4-3-5-12(6-11)8-17/h11-12H,3-10H2,1-2H3,(H,15,16). The van der Waals surface area contributed by atoms with E-state index in [2.05, 4.69) is 24.1 Å². The van der Waals surface area contributed by atoms with Gasteiger partial charge in [0.1, 0.15) is 0 Å². The van der Waals surface area contributed by atoms with Gasteiger partial charge in [-0.05, 0) is 31.1 Å². The van der Waals surface area contributed by atoms with E-state index in [0.29, 0.717) is 5.41 Å². The normalized spacial score (nSPS) is 36.1. The van der Waals surface area contributed by atoms with E-state index < -0.39 is 0 Å². The molecule has 1 aliphatic carbocycles. The number of hydrogen-bond acceptors (Lipinski definition) is 3. The number of piperidine rings is 1. The van der Waals surface area contributed by atoms with Crippen molar-refractivity contribution in [1.29, 1.82) is 0 Å². The number of rotatable bonds is 0. The molecule has 2 bridgehead atoms. The fourth-order valence-electron chi connectivity index (χ4n) is 3.54. The minimum absolute atomic E-state index is 0.329. The molecular formula is C14H25N3. The molecular weight excluding hydrogens is 210 g/mol. The Bertz CT molecular complexity index is 309. The molecule has 2 unspecified atom stereocenters. The van der Waals surface area contributed by atoms with Crippen molar-refractivity contribution in [3.63, 3.8) is 0 Å². The van der Waals surface area contributed by atoms with Crippen LogP contribution in [0, 0.1) is 17.3 Å². The lowest BCUT2D eigenvalue weighted by molar-refractivity contribution is 0.131. The monoisotopic (exact) mass is 235 g/mol. The summed E-state index contributed by atoms with van der Waals surface area (Å²) in [7, 11) is 0. The van der Waals surface area contributed by atoms with Crippen molar-refractivity contribution < 1.29 is 0 Å². The van der Waals surface area contributed by atoms with Crippen LogP contribution in [0.4, 0.5) is 0 Å². The van der Waals surface area contributed by atoms with Crippen LogP contribution in [0.5, 0.6) is 0 Å². The lowest BCUT2D eigenvalue weighted by atomic mass is 9.78. The Morgan fingerprint density at radius 3 is 2.53 bits per heavy atom. The van der Waals surface area contributed by atoms with Crippen molar-refractivity contribution in [3.8, 4) is 0 Å². The molecule has 1 N–H and O–H groups in total. The molecule has 3 rings (SSSR count). The summed E-state index contributed by atoms with van der Waals surface area (Å²) in [6.45, 7) is 9.08. The first kappa shape index (κ1) is 11.4. The Labute approximate surface area is 105 Å². The van der Waals surface area contributed by atoms with Crippen LogP contribution in [-0.4, -0.2) is 37.0 Å². The maximum Gasteiger partial charge on any atom is 0.193 e. The summed E-state index contributed by atoms with van der Waals surface area (Å²) in [6.07, 6.45) is 5.79. The molecule has 0 aromatic carbocycles. The molecule has 1 saturated carbocycles. The molecule has 2 fully saturated rings. The van der Waals surface area contributed by atoms with E-state index in [0.717, 1.165) is 24.9 Å². The lowest BCUT2D eigenvalue weighted by Gasteiger charge is -2.44. The summed E-state index contributed by atoms with van der Waals surface area (Å²) in [6, 6.07) is 0. The first-order valence-electron chi connectivity index (χ1n) is 7.16. The fourth-order valence-corrected chi connectivity index (χ4v) is 3.54. The van der Waals surface area contributed by atoms with Gasteiger partial charge in [-0.1, -0.05) is 20.3 Å². The largest absolute Gasteiger partial charge is 0.356 e. The summed E-state index contributed by atoms with van der Waals surface area (Å²) in [4.78, 5) is 7.29. The summed E-state index contributed by atoms with van der Waals surface area (Å²) >= 11 is 0. The van der Waals surface area contributed by atoms with E-state index in [1.807, 2.05) is 0 Å². The smallest absolute Gasteiger partial charge is 0.193 e. The number of aliphatic imine (C=N–C) groups is 1. The highest BCUT2D eigenvalue weighted by molar-refractivity contribution is 5.80. The Morgan fingerprint density at radius 1 is 1.24 bits per heavy atom. The van der Waals surface area contributed by atoms with Gasteiger partial charge in [0.2, 0.25) is 0 Å². The second-order valence-electron chi connectivity index (χ2n) is 6.96. The van der Waals surface area contributed by atoms with E-state index in [-0.39, 0.29) is 0 Å². The van der Waals surface area contributed by atoms with Crippen LogP contribution >= 0.6 is 0 Å². The second kappa shape index (κ2) is 4.18. The van der Waals surface area contributed by atoms with Gasteiger partial charge in [0, 0.05) is 31.6 Å². The number of hydrogen-bond donors (Lipinski definition) is 1. The van der Waals surface area contributed by atoms with Gasteiger partial charge < -0.3 is 10.2 Å². The van der Waals surface area contributed by atoms with E-state index >= 15 is 0 Å². The molecule has 0 aromatic heterocycles. The zero-order valence-corrected chi connectivity index (χ0v) is 11.2. The number of nitrogens with zero attached hydrogens (tertiary/aromatic N) is 2. The SMILES string of the molecule is CC1(C)CN=C(N2CC3CCCC(C3)C2)NC1. The Balaban J connectivity index is 1.67. The second-order valence-corrected chi connectivity index (χ2v) is 6.96. The molecule has 1 saturated heterocycles. The van der Waals surface area contributed by atoms with E-state index in [4.69, 9.17) is 4.99 Å². The highest BCUT2D eigenvalue weighted by atomic mass is 15.3. The predicted octanol–water partition coefficient (Wildman–Crippen LogP) is 2.09. The molecule has 0 amide bonds. The van der Waals surface area contributed by atoms with Crippen LogP contribution in [0.3, 0.4) is 0 Å². The minimum atomic E-state index is 0.329. The molecule has 0 aromatic rings. The summed E-state index contributed by atoms with van der Waals surface area (Å²) in [5.41, 5.74) is 0.329. The van der Waals surface area contributed by atoms with Crippen LogP contribution in [0.1, 0.15) is 39.5 Å². The molecule has 96 valence electrons. The Morgan fingerprint density at radius 2 is 1.94 bits per heavy atom. The number of fused-ring (bicyclic) bond motifs is 2. The van der Waals surface area contributed by atoms with Gasteiger partial charge >= 0.3 is 0 Å². The molecule has 3 nitrogen and oxygen atoms in total. The van der Waals surface area contributed by atoms with Gasteiger partial charge in [0.05, 0.1) is 0 Å². The topological polar surface area (TPSA) is 27.6 Å². The third kappa shape index (κ3) is 2.43. The quantitative estimate of drug-likeness (QED) is 0.696. The van der Waals surface area contributed by atoms with E-state index in [1.165, 1.54) is 44.7 Å². The average Bonchev–Trinajstić information content (AvgIpc) is 2.28. The van der Waals surface area contributed by atoms with E-state index in [9.17, 15) is 0 Å². The van der Waals surface area contributed by atoms with Gasteiger partial charge in [0.15, 0.2) is 5.96 Å². The number of guanidine groups is 1. The van der Waals surface area contributed by atoms with Gasteiger partial charge in [-0.3, -0.25) is 4.99 Å². The average molecular weight is 235 g/mol. The lowest BCUT2D eigenvalue weighted by Crippen LogP contribution is -2.54. The Hall–Kier alpha value is -0.730. The van der Waals surface area contributed by atoms with Gasteiger partial charge in [-0.15, -0.1) is 0 Å². The third-order valence-corrected chi connectivity index (χ3v) is 4.53. The predicted molar refractivity (Wildman–Crippen MR) is 71.1 cm³/mol. The van der Waals surface area contributed by atoms with Gasteiger partial charge in [-0.25, -0.2) is 0 Å². The van der Waals surface area contributed by atoms with Gasteiger partial charge in [-0.2, -0.15) is 0 Å². The summed E-state index contributed by atoms with van der Waals surface area (Å²) < 4.78 is 0. The van der Waals surface area contributed by atoms with Crippen molar-refractivity contribution >= 4 is 5.96 Å². The first-order valence-corrected chi connectivity index (χ1v) is 7.16. The number of likely N-dealkylation sites (tertiary alicyclic amines) is 1. The van der Waals surface area contributed by atoms with Crippen molar-refractivity contribution in [1.82, 2.24) is 10.2 Å².